The van der Waals surface area contributed by atoms with Crippen LogP contribution in [0, 0.1) is 5.82 Å². The Morgan fingerprint density at radius 2 is 1.89 bits per heavy atom. The number of amides is 1. The highest BCUT2D eigenvalue weighted by atomic mass is 32.2. The Morgan fingerprint density at radius 3 is 2.53 bits per heavy atom. The lowest BCUT2D eigenvalue weighted by Crippen LogP contribution is -2.16. The standard InChI is InChI=1S/C25H26FN5O4S/c1-25(2,3)22-13-23(30-31(22)4)29-24(32)12-20-18(26)10-15(14-28-20)35-21-8-9-27-19-7-6-16(11-17(19)21)36(5,33)34/h6-11,13-14H,12H2,1-5H3,(H,29,30,32). The average Bonchev–Trinajstić information content (AvgIpc) is 3.15. The van der Waals surface area contributed by atoms with Crippen molar-refractivity contribution in [1.29, 1.82) is 0 Å². The van der Waals surface area contributed by atoms with Gasteiger partial charge in [0.25, 0.3) is 0 Å². The number of nitrogens with zero attached hydrogens (tertiary/aromatic N) is 4. The van der Waals surface area contributed by atoms with Crippen molar-refractivity contribution in [2.75, 3.05) is 11.6 Å². The maximum absolute atomic E-state index is 14.8. The van der Waals surface area contributed by atoms with E-state index in [2.05, 4.69) is 20.4 Å². The summed E-state index contributed by atoms with van der Waals surface area (Å²) in [6, 6.07) is 8.95. The summed E-state index contributed by atoms with van der Waals surface area (Å²) in [6.07, 6.45) is 3.62. The third kappa shape index (κ3) is 5.51. The largest absolute Gasteiger partial charge is 0.455 e. The first-order chi connectivity index (χ1) is 16.8. The number of carbonyl (C=O) groups is 1. The number of anilines is 1. The number of nitrogens with one attached hydrogen (secondary N) is 1. The summed E-state index contributed by atoms with van der Waals surface area (Å²) in [7, 11) is -1.64. The second kappa shape index (κ2) is 9.30. The van der Waals surface area contributed by atoms with Crippen molar-refractivity contribution >= 4 is 32.5 Å². The Hall–Kier alpha value is -3.86. The Bertz CT molecular complexity index is 1580. The van der Waals surface area contributed by atoms with Crippen LogP contribution >= 0.6 is 0 Å². The van der Waals surface area contributed by atoms with E-state index < -0.39 is 21.6 Å². The van der Waals surface area contributed by atoms with E-state index in [4.69, 9.17) is 4.74 Å². The summed E-state index contributed by atoms with van der Waals surface area (Å²) in [5, 5.41) is 7.43. The molecule has 4 aromatic rings. The minimum atomic E-state index is -3.44. The van der Waals surface area contributed by atoms with E-state index in [-0.39, 0.29) is 28.2 Å². The van der Waals surface area contributed by atoms with Gasteiger partial charge in [0, 0.05) is 48.1 Å². The highest BCUT2D eigenvalue weighted by Gasteiger charge is 2.21. The summed E-state index contributed by atoms with van der Waals surface area (Å²) in [4.78, 5) is 20.9. The topological polar surface area (TPSA) is 116 Å². The van der Waals surface area contributed by atoms with E-state index in [1.807, 2.05) is 20.8 Å². The molecule has 0 radical (unpaired) electrons. The summed E-state index contributed by atoms with van der Waals surface area (Å²) in [5.74, 6) is -0.405. The van der Waals surface area contributed by atoms with E-state index in [1.165, 1.54) is 24.5 Å². The lowest BCUT2D eigenvalue weighted by molar-refractivity contribution is -0.115. The number of hydrogen-bond donors (Lipinski definition) is 1. The molecule has 0 fully saturated rings. The number of hydrogen-bond acceptors (Lipinski definition) is 7. The number of sulfone groups is 1. The molecule has 4 rings (SSSR count). The fourth-order valence-corrected chi connectivity index (χ4v) is 4.40. The lowest BCUT2D eigenvalue weighted by Gasteiger charge is -2.17. The van der Waals surface area contributed by atoms with Crippen molar-refractivity contribution in [2.45, 2.75) is 37.5 Å². The Labute approximate surface area is 208 Å². The molecule has 0 aliphatic rings. The molecule has 0 spiro atoms. The van der Waals surface area contributed by atoms with Crippen LogP contribution in [0.5, 0.6) is 11.5 Å². The van der Waals surface area contributed by atoms with Gasteiger partial charge in [-0.2, -0.15) is 5.10 Å². The Balaban J connectivity index is 1.51. The number of pyridine rings is 2. The van der Waals surface area contributed by atoms with Gasteiger partial charge >= 0.3 is 0 Å². The van der Waals surface area contributed by atoms with Gasteiger partial charge in [0.2, 0.25) is 5.91 Å². The number of fused-ring (bicyclic) bond motifs is 1. The molecule has 0 saturated carbocycles. The minimum absolute atomic E-state index is 0.0502. The van der Waals surface area contributed by atoms with Gasteiger partial charge in [-0.1, -0.05) is 20.8 Å². The van der Waals surface area contributed by atoms with Gasteiger partial charge in [-0.25, -0.2) is 12.8 Å². The van der Waals surface area contributed by atoms with Gasteiger partial charge in [-0.3, -0.25) is 19.4 Å². The highest BCUT2D eigenvalue weighted by Crippen LogP contribution is 2.31. The number of halogens is 1. The lowest BCUT2D eigenvalue weighted by atomic mass is 9.92. The van der Waals surface area contributed by atoms with Gasteiger partial charge in [-0.05, 0) is 24.3 Å². The smallest absolute Gasteiger partial charge is 0.231 e. The molecule has 1 N–H and O–H groups in total. The number of rotatable bonds is 6. The molecular formula is C25H26FN5O4S. The molecule has 0 unspecified atom stereocenters. The summed E-state index contributed by atoms with van der Waals surface area (Å²) in [6.45, 7) is 6.12. The molecule has 1 aromatic carbocycles. The van der Waals surface area contributed by atoms with Crippen LogP contribution in [0.2, 0.25) is 0 Å². The quantitative estimate of drug-likeness (QED) is 0.413. The normalized spacial score (nSPS) is 12.1. The molecule has 0 saturated heterocycles. The van der Waals surface area contributed by atoms with Gasteiger partial charge in [-0.15, -0.1) is 0 Å². The summed E-state index contributed by atoms with van der Waals surface area (Å²) in [5.41, 5.74) is 1.26. The maximum Gasteiger partial charge on any atom is 0.231 e. The van der Waals surface area contributed by atoms with E-state index in [9.17, 15) is 17.6 Å². The number of benzene rings is 1. The fraction of sp³-hybridized carbons (Fsp3) is 0.280. The molecule has 11 heteroatoms. The monoisotopic (exact) mass is 511 g/mol. The molecule has 9 nitrogen and oxygen atoms in total. The molecule has 0 atom stereocenters. The van der Waals surface area contributed by atoms with Gasteiger partial charge in [0.1, 0.15) is 17.3 Å². The van der Waals surface area contributed by atoms with Crippen molar-refractivity contribution in [3.8, 4) is 11.5 Å². The second-order valence-corrected chi connectivity index (χ2v) is 11.5. The van der Waals surface area contributed by atoms with Crippen LogP contribution in [-0.4, -0.2) is 40.3 Å². The van der Waals surface area contributed by atoms with Crippen LogP contribution in [0.4, 0.5) is 10.2 Å². The van der Waals surface area contributed by atoms with E-state index in [1.54, 1.807) is 29.9 Å². The number of aryl methyl sites for hydroxylation is 1. The molecule has 3 heterocycles. The SMILES string of the molecule is Cn1nc(NC(=O)Cc2ncc(Oc3ccnc4ccc(S(C)(=O)=O)cc34)cc2F)cc1C(C)(C)C. The van der Waals surface area contributed by atoms with Crippen molar-refractivity contribution in [3.05, 3.63) is 66.0 Å². The number of aromatic nitrogens is 4. The molecule has 1 amide bonds. The van der Waals surface area contributed by atoms with Crippen LogP contribution in [0.15, 0.2) is 53.7 Å². The van der Waals surface area contributed by atoms with E-state index in [0.29, 0.717) is 22.5 Å². The predicted octanol–water partition coefficient (Wildman–Crippen LogP) is 4.18. The first kappa shape index (κ1) is 25.2. The molecule has 3 aromatic heterocycles. The van der Waals surface area contributed by atoms with Crippen molar-refractivity contribution in [3.63, 3.8) is 0 Å². The molecule has 188 valence electrons. The van der Waals surface area contributed by atoms with Crippen molar-refractivity contribution in [1.82, 2.24) is 19.7 Å². The average molecular weight is 512 g/mol. The zero-order valence-electron chi connectivity index (χ0n) is 20.5. The zero-order valence-corrected chi connectivity index (χ0v) is 21.4. The first-order valence-electron chi connectivity index (χ1n) is 11.1. The van der Waals surface area contributed by atoms with Crippen LogP contribution in [0.25, 0.3) is 10.9 Å². The van der Waals surface area contributed by atoms with E-state index in [0.717, 1.165) is 18.0 Å². The van der Waals surface area contributed by atoms with Crippen molar-refractivity contribution < 1.29 is 22.3 Å². The summed E-state index contributed by atoms with van der Waals surface area (Å²) < 4.78 is 46.1. The second-order valence-electron chi connectivity index (χ2n) is 9.48. The van der Waals surface area contributed by atoms with Gasteiger partial charge < -0.3 is 10.1 Å². The highest BCUT2D eigenvalue weighted by molar-refractivity contribution is 7.90. The molecular weight excluding hydrogens is 485 g/mol. The van der Waals surface area contributed by atoms with Crippen LogP contribution in [0.3, 0.4) is 0 Å². The number of carbonyl (C=O) groups excluding carboxylic acids is 1. The zero-order chi connectivity index (χ0) is 26.3. The summed E-state index contributed by atoms with van der Waals surface area (Å²) >= 11 is 0. The van der Waals surface area contributed by atoms with Crippen LogP contribution in [-0.2, 0) is 33.5 Å². The van der Waals surface area contributed by atoms with Gasteiger partial charge in [0.15, 0.2) is 15.7 Å². The van der Waals surface area contributed by atoms with Crippen LogP contribution < -0.4 is 10.1 Å². The molecule has 0 aliphatic carbocycles. The molecule has 0 aliphatic heterocycles. The first-order valence-corrected chi connectivity index (χ1v) is 13.0. The fourth-order valence-electron chi connectivity index (χ4n) is 3.75. The molecule has 0 bridgehead atoms. The minimum Gasteiger partial charge on any atom is -0.455 e. The van der Waals surface area contributed by atoms with E-state index >= 15 is 0 Å². The van der Waals surface area contributed by atoms with Crippen molar-refractivity contribution in [2.24, 2.45) is 7.05 Å². The molecule has 36 heavy (non-hydrogen) atoms. The predicted molar refractivity (Wildman–Crippen MR) is 133 cm³/mol. The third-order valence-corrected chi connectivity index (χ3v) is 6.58. The third-order valence-electron chi connectivity index (χ3n) is 5.46. The Kier molecular flexibility index (Phi) is 6.52. The van der Waals surface area contributed by atoms with Crippen LogP contribution in [0.1, 0.15) is 32.2 Å². The Morgan fingerprint density at radius 1 is 1.14 bits per heavy atom. The maximum atomic E-state index is 14.8. The number of ether oxygens (including phenoxy) is 1. The van der Waals surface area contributed by atoms with Gasteiger partial charge in [0.05, 0.1) is 28.7 Å².